The summed E-state index contributed by atoms with van der Waals surface area (Å²) in [5.41, 5.74) is 0. The zero-order chi connectivity index (χ0) is 10.8. The van der Waals surface area contributed by atoms with Crippen molar-refractivity contribution in [2.45, 2.75) is 31.8 Å². The van der Waals surface area contributed by atoms with Crippen molar-refractivity contribution < 1.29 is 9.53 Å². The number of rotatable bonds is 4. The molecule has 1 saturated carbocycles. The van der Waals surface area contributed by atoms with Gasteiger partial charge in [-0.3, -0.25) is 4.79 Å². The lowest BCUT2D eigenvalue weighted by molar-refractivity contribution is -0.136. The molecule has 2 aliphatic rings. The van der Waals surface area contributed by atoms with Gasteiger partial charge in [-0.15, -0.1) is 0 Å². The highest BCUT2D eigenvalue weighted by Crippen LogP contribution is 2.29. The molecule has 4 heteroatoms. The molecule has 1 heterocycles. The average molecular weight is 212 g/mol. The van der Waals surface area contributed by atoms with Gasteiger partial charge >= 0.3 is 0 Å². The summed E-state index contributed by atoms with van der Waals surface area (Å²) in [4.78, 5) is 14.3. The van der Waals surface area contributed by atoms with Crippen molar-refractivity contribution in [3.05, 3.63) is 0 Å². The van der Waals surface area contributed by atoms with E-state index in [0.29, 0.717) is 19.3 Å². The zero-order valence-electron chi connectivity index (χ0n) is 9.53. The molecule has 1 saturated heterocycles. The minimum Gasteiger partial charge on any atom is -0.379 e. The Bertz CT molecular complexity index is 241. The Morgan fingerprint density at radius 3 is 2.73 bits per heavy atom. The number of carbonyl (C=O) groups excluding carboxylic acids is 1. The molecule has 0 aromatic carbocycles. The van der Waals surface area contributed by atoms with E-state index in [1.807, 2.05) is 11.9 Å². The molecule has 0 radical (unpaired) electrons. The number of likely N-dealkylation sites (N-methyl/N-ethyl adjacent to an activating group) is 1. The summed E-state index contributed by atoms with van der Waals surface area (Å²) >= 11 is 0. The second-order valence-electron chi connectivity index (χ2n) is 4.39. The Hall–Kier alpha value is -0.610. The van der Waals surface area contributed by atoms with Gasteiger partial charge in [-0.05, 0) is 26.8 Å². The van der Waals surface area contributed by atoms with Gasteiger partial charge in [-0.1, -0.05) is 0 Å². The van der Waals surface area contributed by atoms with Crippen LogP contribution in [0.2, 0.25) is 0 Å². The molecular weight excluding hydrogens is 192 g/mol. The van der Waals surface area contributed by atoms with Crippen LogP contribution in [0.5, 0.6) is 0 Å². The van der Waals surface area contributed by atoms with Gasteiger partial charge in [0.1, 0.15) is 0 Å². The predicted octanol–water partition coefficient (Wildman–Crippen LogP) is 0.232. The maximum atomic E-state index is 12.2. The number of hydrogen-bond acceptors (Lipinski definition) is 3. The fraction of sp³-hybridized carbons (Fsp3) is 0.909. The minimum absolute atomic E-state index is 0.0237. The lowest BCUT2D eigenvalue weighted by atomic mass is 10.0. The number of nitrogens with zero attached hydrogens (tertiary/aromatic N) is 1. The molecule has 2 atom stereocenters. The van der Waals surface area contributed by atoms with E-state index in [4.69, 9.17) is 4.74 Å². The quantitative estimate of drug-likeness (QED) is 0.725. The van der Waals surface area contributed by atoms with Crippen LogP contribution in [0, 0.1) is 5.92 Å². The molecule has 15 heavy (non-hydrogen) atoms. The Kier molecular flexibility index (Phi) is 3.26. The summed E-state index contributed by atoms with van der Waals surface area (Å²) in [5.74, 6) is 0.299. The Labute approximate surface area is 91.0 Å². The van der Waals surface area contributed by atoms with Gasteiger partial charge < -0.3 is 15.0 Å². The highest BCUT2D eigenvalue weighted by Gasteiger charge is 2.40. The van der Waals surface area contributed by atoms with E-state index in [1.165, 1.54) is 12.8 Å². The first-order valence-electron chi connectivity index (χ1n) is 5.83. The molecule has 1 amide bonds. The number of amides is 1. The standard InChI is InChI=1S/C11H20N2O2/c1-3-13(8-4-5-8)11(14)9-6-15-7-10(9)12-2/h8-10,12H,3-7H2,1-2H3. The lowest BCUT2D eigenvalue weighted by Crippen LogP contribution is -2.45. The van der Waals surface area contributed by atoms with Crippen LogP contribution in [0.3, 0.4) is 0 Å². The van der Waals surface area contributed by atoms with Crippen LogP contribution in [-0.2, 0) is 9.53 Å². The van der Waals surface area contributed by atoms with Gasteiger partial charge in [-0.25, -0.2) is 0 Å². The fourth-order valence-corrected chi connectivity index (χ4v) is 2.28. The minimum atomic E-state index is 0.0237. The van der Waals surface area contributed by atoms with Gasteiger partial charge in [-0.2, -0.15) is 0 Å². The topological polar surface area (TPSA) is 41.6 Å². The monoisotopic (exact) mass is 212 g/mol. The van der Waals surface area contributed by atoms with Crippen LogP contribution in [0.4, 0.5) is 0 Å². The highest BCUT2D eigenvalue weighted by molar-refractivity contribution is 5.80. The maximum Gasteiger partial charge on any atom is 0.229 e. The third kappa shape index (κ3) is 2.16. The summed E-state index contributed by atoms with van der Waals surface area (Å²) in [6.45, 7) is 4.12. The van der Waals surface area contributed by atoms with E-state index < -0.39 is 0 Å². The van der Waals surface area contributed by atoms with Crippen LogP contribution in [-0.4, -0.2) is 49.7 Å². The molecule has 86 valence electrons. The number of ether oxygens (including phenoxy) is 1. The second kappa shape index (κ2) is 4.49. The molecule has 4 nitrogen and oxygen atoms in total. The van der Waals surface area contributed by atoms with Crippen LogP contribution in [0.25, 0.3) is 0 Å². The third-order valence-electron chi connectivity index (χ3n) is 3.38. The Morgan fingerprint density at radius 2 is 2.20 bits per heavy atom. The first kappa shape index (κ1) is 10.9. The highest BCUT2D eigenvalue weighted by atomic mass is 16.5. The molecular formula is C11H20N2O2. The fourth-order valence-electron chi connectivity index (χ4n) is 2.28. The van der Waals surface area contributed by atoms with Crippen LogP contribution >= 0.6 is 0 Å². The van der Waals surface area contributed by atoms with Crippen molar-refractivity contribution in [3.63, 3.8) is 0 Å². The first-order chi connectivity index (χ1) is 7.27. The summed E-state index contributed by atoms with van der Waals surface area (Å²) < 4.78 is 5.37. The van der Waals surface area contributed by atoms with Crippen molar-refractivity contribution >= 4 is 5.91 Å². The molecule has 0 bridgehead atoms. The number of carbonyl (C=O) groups is 1. The van der Waals surface area contributed by atoms with Crippen molar-refractivity contribution in [1.82, 2.24) is 10.2 Å². The molecule has 2 unspecified atom stereocenters. The van der Waals surface area contributed by atoms with Crippen molar-refractivity contribution in [2.75, 3.05) is 26.8 Å². The summed E-state index contributed by atoms with van der Waals surface area (Å²) in [7, 11) is 1.90. The maximum absolute atomic E-state index is 12.2. The van der Waals surface area contributed by atoms with Gasteiger partial charge in [0.2, 0.25) is 5.91 Å². The third-order valence-corrected chi connectivity index (χ3v) is 3.38. The molecule has 2 fully saturated rings. The van der Waals surface area contributed by atoms with E-state index >= 15 is 0 Å². The summed E-state index contributed by atoms with van der Waals surface area (Å²) in [6, 6.07) is 0.714. The van der Waals surface area contributed by atoms with Gasteiger partial charge in [0, 0.05) is 18.6 Å². The molecule has 0 aromatic heterocycles. The summed E-state index contributed by atoms with van der Waals surface area (Å²) in [6.07, 6.45) is 2.36. The molecule has 1 aliphatic carbocycles. The van der Waals surface area contributed by atoms with E-state index in [0.717, 1.165) is 6.54 Å². The van der Waals surface area contributed by atoms with Crippen molar-refractivity contribution in [1.29, 1.82) is 0 Å². The lowest BCUT2D eigenvalue weighted by Gasteiger charge is -2.26. The van der Waals surface area contributed by atoms with Crippen LogP contribution in [0.1, 0.15) is 19.8 Å². The van der Waals surface area contributed by atoms with E-state index in [-0.39, 0.29) is 17.9 Å². The molecule has 1 aliphatic heterocycles. The second-order valence-corrected chi connectivity index (χ2v) is 4.39. The predicted molar refractivity (Wildman–Crippen MR) is 57.6 cm³/mol. The van der Waals surface area contributed by atoms with Gasteiger partial charge in [0.05, 0.1) is 19.1 Å². The van der Waals surface area contributed by atoms with Crippen LogP contribution < -0.4 is 5.32 Å². The molecule has 0 aromatic rings. The number of nitrogens with one attached hydrogen (secondary N) is 1. The first-order valence-corrected chi connectivity index (χ1v) is 5.83. The van der Waals surface area contributed by atoms with E-state index in [2.05, 4.69) is 12.2 Å². The SMILES string of the molecule is CCN(C(=O)C1COCC1NC)C1CC1. The summed E-state index contributed by atoms with van der Waals surface area (Å²) in [5, 5.41) is 3.16. The smallest absolute Gasteiger partial charge is 0.229 e. The zero-order valence-corrected chi connectivity index (χ0v) is 9.53. The largest absolute Gasteiger partial charge is 0.379 e. The van der Waals surface area contributed by atoms with Crippen LogP contribution in [0.15, 0.2) is 0 Å². The van der Waals surface area contributed by atoms with Gasteiger partial charge in [0.25, 0.3) is 0 Å². The van der Waals surface area contributed by atoms with E-state index in [9.17, 15) is 4.79 Å². The van der Waals surface area contributed by atoms with E-state index in [1.54, 1.807) is 0 Å². The van der Waals surface area contributed by atoms with Crippen molar-refractivity contribution in [3.8, 4) is 0 Å². The Balaban J connectivity index is 1.98. The Morgan fingerprint density at radius 1 is 1.47 bits per heavy atom. The average Bonchev–Trinajstić information content (AvgIpc) is 2.96. The van der Waals surface area contributed by atoms with Crippen molar-refractivity contribution in [2.24, 2.45) is 5.92 Å². The molecule has 0 spiro atoms. The normalized spacial score (nSPS) is 30.5. The molecule has 1 N–H and O–H groups in total. The number of hydrogen-bond donors (Lipinski definition) is 1. The van der Waals surface area contributed by atoms with Gasteiger partial charge in [0.15, 0.2) is 0 Å². The molecule has 2 rings (SSSR count).